The SMILES string of the molecule is CC(C)C1CCOCCC1F. The number of ether oxygens (including phenoxy) is 1. The second-order valence-corrected chi connectivity index (χ2v) is 3.61. The second kappa shape index (κ2) is 4.05. The molecule has 0 saturated carbocycles. The van der Waals surface area contributed by atoms with Crippen molar-refractivity contribution in [3.05, 3.63) is 0 Å². The summed E-state index contributed by atoms with van der Waals surface area (Å²) in [5, 5.41) is 0. The number of rotatable bonds is 1. The van der Waals surface area contributed by atoms with Gasteiger partial charge in [0.2, 0.25) is 0 Å². The van der Waals surface area contributed by atoms with E-state index in [0.29, 0.717) is 18.9 Å². The van der Waals surface area contributed by atoms with Gasteiger partial charge in [0.15, 0.2) is 0 Å². The predicted octanol–water partition coefficient (Wildman–Crippen LogP) is 2.41. The lowest BCUT2D eigenvalue weighted by Crippen LogP contribution is -2.20. The van der Waals surface area contributed by atoms with Gasteiger partial charge in [-0.15, -0.1) is 0 Å². The Hall–Kier alpha value is -0.110. The van der Waals surface area contributed by atoms with Gasteiger partial charge in [0.05, 0.1) is 0 Å². The molecule has 11 heavy (non-hydrogen) atoms. The third-order valence-electron chi connectivity index (χ3n) is 2.45. The van der Waals surface area contributed by atoms with Crippen LogP contribution in [-0.4, -0.2) is 19.4 Å². The number of alkyl halides is 1. The molecule has 1 fully saturated rings. The fourth-order valence-corrected chi connectivity index (χ4v) is 1.66. The molecule has 1 saturated heterocycles. The Morgan fingerprint density at radius 3 is 2.55 bits per heavy atom. The fraction of sp³-hybridized carbons (Fsp3) is 1.00. The summed E-state index contributed by atoms with van der Waals surface area (Å²) in [5.41, 5.74) is 0. The summed E-state index contributed by atoms with van der Waals surface area (Å²) < 4.78 is 18.5. The van der Waals surface area contributed by atoms with Crippen LogP contribution in [0.25, 0.3) is 0 Å². The van der Waals surface area contributed by atoms with Gasteiger partial charge in [0.1, 0.15) is 6.17 Å². The van der Waals surface area contributed by atoms with Crippen molar-refractivity contribution in [2.24, 2.45) is 11.8 Å². The summed E-state index contributed by atoms with van der Waals surface area (Å²) in [6, 6.07) is 0. The van der Waals surface area contributed by atoms with Gasteiger partial charge in [-0.2, -0.15) is 0 Å². The normalized spacial score (nSPS) is 33.8. The monoisotopic (exact) mass is 160 g/mol. The average molecular weight is 160 g/mol. The number of hydrogen-bond donors (Lipinski definition) is 0. The summed E-state index contributed by atoms with van der Waals surface area (Å²) in [6.07, 6.45) is 0.833. The summed E-state index contributed by atoms with van der Waals surface area (Å²) in [7, 11) is 0. The number of halogens is 1. The highest BCUT2D eigenvalue weighted by molar-refractivity contribution is 4.74. The van der Waals surface area contributed by atoms with Crippen LogP contribution in [0.4, 0.5) is 4.39 Å². The van der Waals surface area contributed by atoms with Crippen LogP contribution in [0.1, 0.15) is 26.7 Å². The first-order valence-electron chi connectivity index (χ1n) is 4.43. The third-order valence-corrected chi connectivity index (χ3v) is 2.45. The van der Waals surface area contributed by atoms with Crippen molar-refractivity contribution in [1.29, 1.82) is 0 Å². The molecule has 1 heterocycles. The van der Waals surface area contributed by atoms with Crippen molar-refractivity contribution in [3.8, 4) is 0 Å². The van der Waals surface area contributed by atoms with Gasteiger partial charge in [-0.3, -0.25) is 0 Å². The summed E-state index contributed by atoms with van der Waals surface area (Å²) >= 11 is 0. The standard InChI is InChI=1S/C9H17FO/c1-7(2)8-3-5-11-6-4-9(8)10/h7-9H,3-6H2,1-2H3. The van der Waals surface area contributed by atoms with Gasteiger partial charge >= 0.3 is 0 Å². The van der Waals surface area contributed by atoms with Crippen molar-refractivity contribution in [1.82, 2.24) is 0 Å². The van der Waals surface area contributed by atoms with E-state index in [1.807, 2.05) is 0 Å². The van der Waals surface area contributed by atoms with E-state index in [2.05, 4.69) is 13.8 Å². The first-order valence-corrected chi connectivity index (χ1v) is 4.43. The molecule has 1 rings (SSSR count). The molecule has 1 aliphatic rings. The van der Waals surface area contributed by atoms with E-state index in [1.54, 1.807) is 0 Å². The van der Waals surface area contributed by atoms with E-state index >= 15 is 0 Å². The van der Waals surface area contributed by atoms with Crippen molar-refractivity contribution < 1.29 is 9.13 Å². The minimum absolute atomic E-state index is 0.220. The van der Waals surface area contributed by atoms with Crippen LogP contribution in [0.3, 0.4) is 0 Å². The van der Waals surface area contributed by atoms with Gasteiger partial charge in [0, 0.05) is 19.6 Å². The van der Waals surface area contributed by atoms with E-state index < -0.39 is 6.17 Å². The maximum atomic E-state index is 13.3. The van der Waals surface area contributed by atoms with Gasteiger partial charge in [-0.1, -0.05) is 13.8 Å². The van der Waals surface area contributed by atoms with E-state index in [1.165, 1.54) is 0 Å². The van der Waals surface area contributed by atoms with E-state index in [9.17, 15) is 4.39 Å². The van der Waals surface area contributed by atoms with Crippen molar-refractivity contribution in [2.75, 3.05) is 13.2 Å². The average Bonchev–Trinajstić information content (AvgIpc) is 2.13. The van der Waals surface area contributed by atoms with Crippen LogP contribution in [0.2, 0.25) is 0 Å². The van der Waals surface area contributed by atoms with Gasteiger partial charge in [-0.25, -0.2) is 4.39 Å². The van der Waals surface area contributed by atoms with Crippen LogP contribution in [0.15, 0.2) is 0 Å². The predicted molar refractivity (Wildman–Crippen MR) is 43.3 cm³/mol. The molecule has 1 aliphatic heterocycles. The van der Waals surface area contributed by atoms with Crippen molar-refractivity contribution in [3.63, 3.8) is 0 Å². The van der Waals surface area contributed by atoms with Crippen LogP contribution in [0, 0.1) is 11.8 Å². The zero-order chi connectivity index (χ0) is 8.27. The molecule has 2 heteroatoms. The first-order chi connectivity index (χ1) is 5.22. The molecule has 0 bridgehead atoms. The number of hydrogen-bond acceptors (Lipinski definition) is 1. The van der Waals surface area contributed by atoms with Crippen LogP contribution in [-0.2, 0) is 4.74 Å². The minimum Gasteiger partial charge on any atom is -0.381 e. The molecular formula is C9H17FO. The molecule has 0 radical (unpaired) electrons. The quantitative estimate of drug-likeness (QED) is 0.572. The van der Waals surface area contributed by atoms with Gasteiger partial charge < -0.3 is 4.74 Å². The van der Waals surface area contributed by atoms with Gasteiger partial charge in [0.25, 0.3) is 0 Å². The highest BCUT2D eigenvalue weighted by Gasteiger charge is 2.25. The Morgan fingerprint density at radius 2 is 1.91 bits per heavy atom. The lowest BCUT2D eigenvalue weighted by atomic mass is 9.88. The molecule has 2 unspecified atom stereocenters. The second-order valence-electron chi connectivity index (χ2n) is 3.61. The Balaban J connectivity index is 2.45. The fourth-order valence-electron chi connectivity index (χ4n) is 1.66. The zero-order valence-electron chi connectivity index (χ0n) is 7.35. The third kappa shape index (κ3) is 2.44. The zero-order valence-corrected chi connectivity index (χ0v) is 7.35. The van der Waals surface area contributed by atoms with Crippen LogP contribution >= 0.6 is 0 Å². The largest absolute Gasteiger partial charge is 0.381 e. The molecule has 66 valence electrons. The molecule has 2 atom stereocenters. The van der Waals surface area contributed by atoms with E-state index in [-0.39, 0.29) is 5.92 Å². The Labute approximate surface area is 67.9 Å². The van der Waals surface area contributed by atoms with Crippen molar-refractivity contribution in [2.45, 2.75) is 32.9 Å². The van der Waals surface area contributed by atoms with E-state index in [4.69, 9.17) is 4.74 Å². The molecule has 0 aromatic heterocycles. The minimum atomic E-state index is -0.641. The molecule has 1 nitrogen and oxygen atoms in total. The topological polar surface area (TPSA) is 9.23 Å². The molecule has 0 N–H and O–H groups in total. The summed E-state index contributed by atoms with van der Waals surface area (Å²) in [4.78, 5) is 0. The first kappa shape index (κ1) is 8.98. The maximum absolute atomic E-state index is 13.3. The molecule has 0 aromatic carbocycles. The highest BCUT2D eigenvalue weighted by atomic mass is 19.1. The molecule has 0 spiro atoms. The smallest absolute Gasteiger partial charge is 0.105 e. The van der Waals surface area contributed by atoms with E-state index in [0.717, 1.165) is 13.0 Å². The molecular weight excluding hydrogens is 143 g/mol. The summed E-state index contributed by atoms with van der Waals surface area (Å²) in [5.74, 6) is 0.671. The maximum Gasteiger partial charge on any atom is 0.105 e. The lowest BCUT2D eigenvalue weighted by Gasteiger charge is -2.20. The molecule has 0 aromatic rings. The highest BCUT2D eigenvalue weighted by Crippen LogP contribution is 2.26. The Kier molecular flexibility index (Phi) is 3.31. The summed E-state index contributed by atoms with van der Waals surface area (Å²) in [6.45, 7) is 5.51. The Bertz CT molecular complexity index is 114. The lowest BCUT2D eigenvalue weighted by molar-refractivity contribution is 0.138. The molecule has 0 amide bonds. The van der Waals surface area contributed by atoms with Crippen LogP contribution < -0.4 is 0 Å². The van der Waals surface area contributed by atoms with Crippen molar-refractivity contribution >= 4 is 0 Å². The van der Waals surface area contributed by atoms with Gasteiger partial charge in [-0.05, 0) is 18.3 Å². The Morgan fingerprint density at radius 1 is 1.27 bits per heavy atom. The van der Waals surface area contributed by atoms with Crippen LogP contribution in [0.5, 0.6) is 0 Å². The molecule has 0 aliphatic carbocycles.